The van der Waals surface area contributed by atoms with Crippen molar-refractivity contribution in [1.82, 2.24) is 4.90 Å². The van der Waals surface area contributed by atoms with Gasteiger partial charge < -0.3 is 15.0 Å². The second-order valence-electron chi connectivity index (χ2n) is 4.35. The van der Waals surface area contributed by atoms with Gasteiger partial charge in [0.1, 0.15) is 0 Å². The molecule has 0 bridgehead atoms. The molecule has 1 aromatic carbocycles. The van der Waals surface area contributed by atoms with Crippen molar-refractivity contribution in [3.8, 4) is 0 Å². The maximum absolute atomic E-state index is 11.8. The number of hydrogen-bond donors (Lipinski definition) is 1. The predicted octanol–water partition coefficient (Wildman–Crippen LogP) is 3.16. The molecule has 2 rings (SSSR count). The van der Waals surface area contributed by atoms with Crippen LogP contribution in [0.2, 0.25) is 10.0 Å². The van der Waals surface area contributed by atoms with Gasteiger partial charge in [0.05, 0.1) is 22.3 Å². The lowest BCUT2D eigenvalue weighted by Crippen LogP contribution is -2.39. The van der Waals surface area contributed by atoms with Crippen LogP contribution in [0.4, 0.5) is 10.5 Å². The molecule has 5 nitrogen and oxygen atoms in total. The first kappa shape index (κ1) is 14.9. The molecule has 0 aromatic heterocycles. The van der Waals surface area contributed by atoms with E-state index in [4.69, 9.17) is 27.9 Å². The van der Waals surface area contributed by atoms with Gasteiger partial charge in [0, 0.05) is 19.5 Å². The van der Waals surface area contributed by atoms with Crippen molar-refractivity contribution in [1.29, 1.82) is 0 Å². The number of amides is 2. The molecule has 0 saturated carbocycles. The SMILES string of the molecule is O=C(CCN1CCCOC1=O)Nc1cccc(Cl)c1Cl. The minimum atomic E-state index is -0.371. The van der Waals surface area contributed by atoms with E-state index in [2.05, 4.69) is 5.32 Å². The van der Waals surface area contributed by atoms with Gasteiger partial charge in [-0.25, -0.2) is 4.79 Å². The topological polar surface area (TPSA) is 58.6 Å². The summed E-state index contributed by atoms with van der Waals surface area (Å²) in [7, 11) is 0. The van der Waals surface area contributed by atoms with Crippen LogP contribution in [0.1, 0.15) is 12.8 Å². The Morgan fingerprint density at radius 2 is 2.20 bits per heavy atom. The molecule has 1 aromatic rings. The van der Waals surface area contributed by atoms with Crippen molar-refractivity contribution in [3.05, 3.63) is 28.2 Å². The number of hydrogen-bond acceptors (Lipinski definition) is 3. The summed E-state index contributed by atoms with van der Waals surface area (Å²) in [6, 6.07) is 5.01. The molecule has 108 valence electrons. The van der Waals surface area contributed by atoms with Gasteiger partial charge >= 0.3 is 6.09 Å². The number of carbonyl (C=O) groups excluding carboxylic acids is 2. The first-order chi connectivity index (χ1) is 9.58. The van der Waals surface area contributed by atoms with Crippen molar-refractivity contribution in [2.75, 3.05) is 25.0 Å². The fourth-order valence-corrected chi connectivity index (χ4v) is 2.20. The van der Waals surface area contributed by atoms with Crippen LogP contribution in [0.25, 0.3) is 0 Å². The molecule has 20 heavy (non-hydrogen) atoms. The minimum Gasteiger partial charge on any atom is -0.449 e. The molecule has 1 aliphatic heterocycles. The van der Waals surface area contributed by atoms with E-state index in [1.165, 1.54) is 4.90 Å². The molecule has 1 fully saturated rings. The van der Waals surface area contributed by atoms with Gasteiger partial charge in [0.15, 0.2) is 0 Å². The molecule has 0 spiro atoms. The maximum Gasteiger partial charge on any atom is 0.409 e. The Balaban J connectivity index is 1.86. The van der Waals surface area contributed by atoms with Gasteiger partial charge in [0.25, 0.3) is 0 Å². The lowest BCUT2D eigenvalue weighted by molar-refractivity contribution is -0.116. The normalized spacial score (nSPS) is 14.9. The van der Waals surface area contributed by atoms with Gasteiger partial charge in [-0.15, -0.1) is 0 Å². The zero-order valence-electron chi connectivity index (χ0n) is 10.7. The summed E-state index contributed by atoms with van der Waals surface area (Å²) in [5.41, 5.74) is 0.463. The van der Waals surface area contributed by atoms with Crippen molar-refractivity contribution < 1.29 is 14.3 Å². The van der Waals surface area contributed by atoms with Gasteiger partial charge in [-0.1, -0.05) is 29.3 Å². The summed E-state index contributed by atoms with van der Waals surface area (Å²) >= 11 is 11.8. The quantitative estimate of drug-likeness (QED) is 0.928. The average molecular weight is 317 g/mol. The Morgan fingerprint density at radius 3 is 2.95 bits per heavy atom. The van der Waals surface area contributed by atoms with Gasteiger partial charge in [-0.3, -0.25) is 4.79 Å². The number of rotatable bonds is 4. The van der Waals surface area contributed by atoms with E-state index in [1.54, 1.807) is 18.2 Å². The highest BCUT2D eigenvalue weighted by Crippen LogP contribution is 2.29. The first-order valence-corrected chi connectivity index (χ1v) is 6.99. The number of carbonyl (C=O) groups is 2. The van der Waals surface area contributed by atoms with E-state index in [1.807, 2.05) is 0 Å². The third-order valence-electron chi connectivity index (χ3n) is 2.89. The summed E-state index contributed by atoms with van der Waals surface area (Å²) in [6.07, 6.45) is 0.593. The zero-order valence-corrected chi connectivity index (χ0v) is 12.2. The molecular formula is C13H14Cl2N2O3. The van der Waals surface area contributed by atoms with Crippen molar-refractivity contribution in [3.63, 3.8) is 0 Å². The molecule has 1 N–H and O–H groups in total. The van der Waals surface area contributed by atoms with Crippen LogP contribution in [0.15, 0.2) is 18.2 Å². The zero-order chi connectivity index (χ0) is 14.5. The molecule has 0 atom stereocenters. The number of halogens is 2. The van der Waals surface area contributed by atoms with Crippen LogP contribution in [0.3, 0.4) is 0 Å². The highest BCUT2D eigenvalue weighted by Gasteiger charge is 2.20. The smallest absolute Gasteiger partial charge is 0.409 e. The van der Waals surface area contributed by atoms with Crippen LogP contribution in [-0.2, 0) is 9.53 Å². The van der Waals surface area contributed by atoms with Crippen LogP contribution in [0.5, 0.6) is 0 Å². The summed E-state index contributed by atoms with van der Waals surface area (Å²) in [6.45, 7) is 1.38. The second-order valence-corrected chi connectivity index (χ2v) is 5.14. The summed E-state index contributed by atoms with van der Waals surface area (Å²) in [4.78, 5) is 24.7. The fraction of sp³-hybridized carbons (Fsp3) is 0.385. The summed E-state index contributed by atoms with van der Waals surface area (Å²) < 4.78 is 4.89. The lowest BCUT2D eigenvalue weighted by Gasteiger charge is -2.25. The second kappa shape index (κ2) is 6.81. The van der Waals surface area contributed by atoms with Crippen LogP contribution in [0, 0.1) is 0 Å². The molecular weight excluding hydrogens is 303 g/mol. The number of nitrogens with zero attached hydrogens (tertiary/aromatic N) is 1. The highest BCUT2D eigenvalue weighted by molar-refractivity contribution is 6.43. The number of benzene rings is 1. The van der Waals surface area contributed by atoms with E-state index in [9.17, 15) is 9.59 Å². The van der Waals surface area contributed by atoms with Crippen molar-refractivity contribution >= 4 is 40.9 Å². The molecule has 0 radical (unpaired) electrons. The van der Waals surface area contributed by atoms with Crippen molar-refractivity contribution in [2.24, 2.45) is 0 Å². The molecule has 0 aliphatic carbocycles. The van der Waals surface area contributed by atoms with Gasteiger partial charge in [-0.2, -0.15) is 0 Å². The minimum absolute atomic E-state index is 0.179. The average Bonchev–Trinajstić information content (AvgIpc) is 2.43. The van der Waals surface area contributed by atoms with E-state index in [0.717, 1.165) is 6.42 Å². The Morgan fingerprint density at radius 1 is 1.40 bits per heavy atom. The van der Waals surface area contributed by atoms with Crippen LogP contribution >= 0.6 is 23.2 Å². The maximum atomic E-state index is 11.8. The Hall–Kier alpha value is -1.46. The molecule has 2 amide bonds. The Kier molecular flexibility index (Phi) is 5.09. The Labute approximate surface area is 126 Å². The number of cyclic esters (lactones) is 1. The molecule has 1 saturated heterocycles. The molecule has 1 aliphatic rings. The number of ether oxygens (including phenoxy) is 1. The van der Waals surface area contributed by atoms with Gasteiger partial charge in [0.2, 0.25) is 5.91 Å². The first-order valence-electron chi connectivity index (χ1n) is 6.23. The summed E-state index contributed by atoms with van der Waals surface area (Å²) in [5.74, 6) is -0.229. The Bertz CT molecular complexity index is 522. The third-order valence-corrected chi connectivity index (χ3v) is 3.71. The van der Waals surface area contributed by atoms with E-state index < -0.39 is 0 Å². The standard InChI is InChI=1S/C13H14Cl2N2O3/c14-9-3-1-4-10(12(9)15)16-11(18)5-7-17-6-2-8-20-13(17)19/h1,3-4H,2,5-8H2,(H,16,18). The molecule has 7 heteroatoms. The van der Waals surface area contributed by atoms with Crippen LogP contribution in [-0.4, -0.2) is 36.6 Å². The summed E-state index contributed by atoms with van der Waals surface area (Å²) in [5, 5.41) is 3.36. The molecule has 1 heterocycles. The fourth-order valence-electron chi connectivity index (χ4n) is 1.85. The number of anilines is 1. The van der Waals surface area contributed by atoms with E-state index in [0.29, 0.717) is 35.4 Å². The third kappa shape index (κ3) is 3.77. The van der Waals surface area contributed by atoms with Crippen molar-refractivity contribution in [2.45, 2.75) is 12.8 Å². The van der Waals surface area contributed by atoms with E-state index >= 15 is 0 Å². The molecule has 0 unspecified atom stereocenters. The van der Waals surface area contributed by atoms with Crippen LogP contribution < -0.4 is 5.32 Å². The van der Waals surface area contributed by atoms with Gasteiger partial charge in [-0.05, 0) is 18.6 Å². The predicted molar refractivity (Wildman–Crippen MR) is 77.2 cm³/mol. The number of nitrogens with one attached hydrogen (secondary N) is 1. The highest BCUT2D eigenvalue weighted by atomic mass is 35.5. The lowest BCUT2D eigenvalue weighted by atomic mass is 10.3. The van der Waals surface area contributed by atoms with E-state index in [-0.39, 0.29) is 18.4 Å². The monoisotopic (exact) mass is 316 g/mol. The largest absolute Gasteiger partial charge is 0.449 e.